The molecule has 0 amide bonds. The average molecular weight is 125 g/mol. The third-order valence-electron chi connectivity index (χ3n) is 0.929. The number of aromatic nitrogens is 1. The fraction of sp³-hybridized carbons (Fsp3) is 0. The molecule has 0 atom stereocenters. The average Bonchev–Trinajstić information content (AvgIpc) is 1.88. The number of nitrogens with two attached hydrogens (primary N) is 1. The molecular formula is C5H7N3O. The zero-order valence-electron chi connectivity index (χ0n) is 4.72. The summed E-state index contributed by atoms with van der Waals surface area (Å²) in [5.74, 6) is 5.51. The molecule has 9 heavy (non-hydrogen) atoms. The van der Waals surface area contributed by atoms with E-state index in [1.807, 2.05) is 0 Å². The summed E-state index contributed by atoms with van der Waals surface area (Å²) in [5, 5.41) is 0. The lowest BCUT2D eigenvalue weighted by molar-refractivity contribution is 1.22. The van der Waals surface area contributed by atoms with E-state index in [4.69, 9.17) is 5.84 Å². The van der Waals surface area contributed by atoms with Gasteiger partial charge in [-0.15, -0.1) is 0 Å². The van der Waals surface area contributed by atoms with Gasteiger partial charge in [0.05, 0.1) is 0 Å². The Morgan fingerprint density at radius 2 is 2.44 bits per heavy atom. The fourth-order valence-electron chi connectivity index (χ4n) is 0.529. The van der Waals surface area contributed by atoms with Gasteiger partial charge in [0.1, 0.15) is 5.82 Å². The van der Waals surface area contributed by atoms with E-state index < -0.39 is 0 Å². The molecule has 48 valence electrons. The second kappa shape index (κ2) is 2.32. The zero-order chi connectivity index (χ0) is 6.69. The van der Waals surface area contributed by atoms with Crippen molar-refractivity contribution < 1.29 is 0 Å². The second-order valence-electron chi connectivity index (χ2n) is 1.58. The first-order valence-corrected chi connectivity index (χ1v) is 2.48. The molecule has 0 saturated heterocycles. The van der Waals surface area contributed by atoms with Crippen LogP contribution in [0.15, 0.2) is 23.1 Å². The largest absolute Gasteiger partial charge is 0.347 e. The van der Waals surface area contributed by atoms with Gasteiger partial charge in [-0.25, -0.2) is 5.84 Å². The van der Waals surface area contributed by atoms with Crippen LogP contribution in [0.3, 0.4) is 0 Å². The van der Waals surface area contributed by atoms with Crippen molar-refractivity contribution in [3.63, 3.8) is 0 Å². The number of nitrogen functional groups attached to an aromatic ring is 1. The lowest BCUT2D eigenvalue weighted by atomic mass is 10.4. The van der Waals surface area contributed by atoms with Crippen LogP contribution in [-0.2, 0) is 0 Å². The predicted molar refractivity (Wildman–Crippen MR) is 34.9 cm³/mol. The smallest absolute Gasteiger partial charge is 0.183 e. The highest BCUT2D eigenvalue weighted by Crippen LogP contribution is 1.89. The monoisotopic (exact) mass is 125 g/mol. The number of H-pyrrole nitrogens is 1. The molecular weight excluding hydrogens is 118 g/mol. The molecule has 1 heterocycles. The minimum atomic E-state index is -0.0679. The van der Waals surface area contributed by atoms with Crippen LogP contribution < -0.4 is 16.7 Å². The predicted octanol–water partition coefficient (Wildman–Crippen LogP) is -0.340. The first kappa shape index (κ1) is 5.84. The van der Waals surface area contributed by atoms with Crippen molar-refractivity contribution in [2.75, 3.05) is 5.43 Å². The van der Waals surface area contributed by atoms with Gasteiger partial charge < -0.3 is 10.4 Å². The molecule has 0 spiro atoms. The van der Waals surface area contributed by atoms with Gasteiger partial charge in [-0.3, -0.25) is 4.79 Å². The molecule has 0 unspecified atom stereocenters. The highest BCUT2D eigenvalue weighted by Gasteiger charge is 1.84. The molecule has 0 aliphatic rings. The van der Waals surface area contributed by atoms with Gasteiger partial charge in [-0.2, -0.15) is 0 Å². The molecule has 1 aromatic heterocycles. The molecule has 0 bridgehead atoms. The summed E-state index contributed by atoms with van der Waals surface area (Å²) in [7, 11) is 0. The van der Waals surface area contributed by atoms with Gasteiger partial charge in [0.2, 0.25) is 0 Å². The van der Waals surface area contributed by atoms with E-state index in [9.17, 15) is 4.79 Å². The van der Waals surface area contributed by atoms with Crippen LogP contribution in [0.25, 0.3) is 0 Å². The summed E-state index contributed by atoms with van der Waals surface area (Å²) in [6.07, 6.45) is 1.53. The number of nitrogens with one attached hydrogen (secondary N) is 2. The van der Waals surface area contributed by atoms with Crippen molar-refractivity contribution in [3.8, 4) is 0 Å². The van der Waals surface area contributed by atoms with Crippen molar-refractivity contribution in [2.45, 2.75) is 0 Å². The van der Waals surface area contributed by atoms with Gasteiger partial charge >= 0.3 is 0 Å². The number of hydrogen-bond acceptors (Lipinski definition) is 3. The topological polar surface area (TPSA) is 70.9 Å². The van der Waals surface area contributed by atoms with Gasteiger partial charge in [-0.05, 0) is 0 Å². The summed E-state index contributed by atoms with van der Waals surface area (Å²) in [4.78, 5) is 13.3. The van der Waals surface area contributed by atoms with Crippen LogP contribution in [0.4, 0.5) is 5.82 Å². The Balaban J connectivity index is 3.08. The molecule has 0 aromatic carbocycles. The van der Waals surface area contributed by atoms with Crippen molar-refractivity contribution in [1.82, 2.24) is 4.98 Å². The third kappa shape index (κ3) is 1.30. The Kier molecular flexibility index (Phi) is 1.51. The lowest BCUT2D eigenvalue weighted by Gasteiger charge is -1.94. The van der Waals surface area contributed by atoms with Gasteiger partial charge in [0.15, 0.2) is 5.43 Å². The van der Waals surface area contributed by atoms with E-state index >= 15 is 0 Å². The van der Waals surface area contributed by atoms with E-state index in [-0.39, 0.29) is 5.43 Å². The molecule has 1 aromatic rings. The molecule has 0 radical (unpaired) electrons. The molecule has 4 nitrogen and oxygen atoms in total. The summed E-state index contributed by atoms with van der Waals surface area (Å²) in [6, 6.07) is 2.79. The number of rotatable bonds is 1. The van der Waals surface area contributed by atoms with Crippen LogP contribution in [0, 0.1) is 0 Å². The van der Waals surface area contributed by atoms with E-state index in [2.05, 4.69) is 10.4 Å². The molecule has 0 fully saturated rings. The van der Waals surface area contributed by atoms with Crippen molar-refractivity contribution >= 4 is 5.82 Å². The normalized spacial score (nSPS) is 9.00. The number of pyridine rings is 1. The Bertz CT molecular complexity index is 242. The van der Waals surface area contributed by atoms with Crippen LogP contribution in [0.2, 0.25) is 0 Å². The summed E-state index contributed by atoms with van der Waals surface area (Å²) in [6.45, 7) is 0. The minimum absolute atomic E-state index is 0.0679. The van der Waals surface area contributed by atoms with Crippen molar-refractivity contribution in [2.24, 2.45) is 5.84 Å². The molecule has 1 rings (SSSR count). The molecule has 4 heteroatoms. The maximum atomic E-state index is 10.5. The first-order chi connectivity index (χ1) is 4.33. The fourth-order valence-corrected chi connectivity index (χ4v) is 0.529. The Morgan fingerprint density at radius 1 is 1.67 bits per heavy atom. The quantitative estimate of drug-likeness (QED) is 0.355. The summed E-state index contributed by atoms with van der Waals surface area (Å²) >= 11 is 0. The van der Waals surface area contributed by atoms with Crippen LogP contribution in [0.5, 0.6) is 0 Å². The van der Waals surface area contributed by atoms with Crippen LogP contribution in [-0.4, -0.2) is 4.98 Å². The van der Waals surface area contributed by atoms with E-state index in [0.29, 0.717) is 5.82 Å². The zero-order valence-corrected chi connectivity index (χ0v) is 4.72. The highest BCUT2D eigenvalue weighted by molar-refractivity contribution is 5.30. The molecule has 4 N–H and O–H groups in total. The highest BCUT2D eigenvalue weighted by atomic mass is 16.1. The van der Waals surface area contributed by atoms with Crippen molar-refractivity contribution in [1.29, 1.82) is 0 Å². The standard InChI is InChI=1S/C5H7N3O/c6-8-5-3-4(9)1-2-7-5/h1-3H,6H2,(H2,7,8,9). The summed E-state index contributed by atoms with van der Waals surface area (Å²) < 4.78 is 0. The van der Waals surface area contributed by atoms with Crippen LogP contribution in [0.1, 0.15) is 0 Å². The van der Waals surface area contributed by atoms with Crippen LogP contribution >= 0.6 is 0 Å². The van der Waals surface area contributed by atoms with E-state index in [0.717, 1.165) is 0 Å². The maximum Gasteiger partial charge on any atom is 0.183 e. The van der Waals surface area contributed by atoms with Gasteiger partial charge in [-0.1, -0.05) is 0 Å². The Labute approximate surface area is 51.7 Å². The van der Waals surface area contributed by atoms with Crippen molar-refractivity contribution in [3.05, 3.63) is 28.6 Å². The second-order valence-corrected chi connectivity index (χ2v) is 1.58. The Hall–Kier alpha value is -1.29. The minimum Gasteiger partial charge on any atom is -0.347 e. The first-order valence-electron chi connectivity index (χ1n) is 2.48. The number of anilines is 1. The number of aromatic amines is 1. The third-order valence-corrected chi connectivity index (χ3v) is 0.929. The van der Waals surface area contributed by atoms with E-state index in [1.165, 1.54) is 18.3 Å². The van der Waals surface area contributed by atoms with Gasteiger partial charge in [0.25, 0.3) is 0 Å². The number of hydrazine groups is 1. The number of hydrogen-bond donors (Lipinski definition) is 3. The Morgan fingerprint density at radius 3 is 2.89 bits per heavy atom. The summed E-state index contributed by atoms with van der Waals surface area (Å²) in [5.41, 5.74) is 2.24. The molecule has 0 aliphatic heterocycles. The SMILES string of the molecule is NNc1cc(=O)cc[nH]1. The van der Waals surface area contributed by atoms with E-state index in [1.54, 1.807) is 0 Å². The molecule has 0 saturated carbocycles. The molecule has 0 aliphatic carbocycles. The van der Waals surface area contributed by atoms with Gasteiger partial charge in [0, 0.05) is 18.3 Å². The maximum absolute atomic E-state index is 10.5. The lowest BCUT2D eigenvalue weighted by Crippen LogP contribution is -2.10.